The summed E-state index contributed by atoms with van der Waals surface area (Å²) in [5.74, 6) is -0.225. The van der Waals surface area contributed by atoms with Crippen LogP contribution in [0.1, 0.15) is 67.1 Å². The van der Waals surface area contributed by atoms with Crippen molar-refractivity contribution in [3.63, 3.8) is 0 Å². The van der Waals surface area contributed by atoms with Crippen molar-refractivity contribution in [3.8, 4) is 0 Å². The van der Waals surface area contributed by atoms with Crippen LogP contribution in [0.3, 0.4) is 0 Å². The molecule has 0 saturated carbocycles. The zero-order valence-corrected chi connectivity index (χ0v) is 12.4. The number of rotatable bonds is 9. The topological polar surface area (TPSA) is 26.3 Å². The highest BCUT2D eigenvalue weighted by Crippen LogP contribution is 2.18. The van der Waals surface area contributed by atoms with Gasteiger partial charge in [0, 0.05) is 10.3 Å². The van der Waals surface area contributed by atoms with Gasteiger partial charge in [0.25, 0.3) is 0 Å². The van der Waals surface area contributed by atoms with E-state index >= 15 is 0 Å². The Balaban J connectivity index is 2.12. The molecule has 0 saturated heterocycles. The van der Waals surface area contributed by atoms with E-state index < -0.39 is 0 Å². The summed E-state index contributed by atoms with van der Waals surface area (Å²) in [7, 11) is 1.43. The third kappa shape index (κ3) is 5.67. The Morgan fingerprint density at radius 3 is 2.50 bits per heavy atom. The largest absolute Gasteiger partial charge is 0.465 e. The molecule has 3 heteroatoms. The second-order valence-corrected chi connectivity index (χ2v) is 5.66. The standard InChI is InChI=1S/C15H24O2S/c1-3-4-5-6-7-8-9-10-14-11-13(12-18-14)15(16)17-2/h11-12H,3-10H2,1-2H3. The molecule has 102 valence electrons. The van der Waals surface area contributed by atoms with Crippen molar-refractivity contribution in [2.45, 2.75) is 58.3 Å². The third-order valence-electron chi connectivity index (χ3n) is 3.10. The van der Waals surface area contributed by atoms with Crippen molar-refractivity contribution < 1.29 is 9.53 Å². The van der Waals surface area contributed by atoms with Crippen LogP contribution in [0.5, 0.6) is 0 Å². The van der Waals surface area contributed by atoms with E-state index in [0.29, 0.717) is 5.56 Å². The van der Waals surface area contributed by atoms with Gasteiger partial charge in [0.2, 0.25) is 0 Å². The minimum absolute atomic E-state index is 0.225. The van der Waals surface area contributed by atoms with Gasteiger partial charge in [-0.1, -0.05) is 45.4 Å². The smallest absolute Gasteiger partial charge is 0.338 e. The number of methoxy groups -OCH3 is 1. The second-order valence-electron chi connectivity index (χ2n) is 4.66. The van der Waals surface area contributed by atoms with Crippen LogP contribution in [0, 0.1) is 0 Å². The number of hydrogen-bond donors (Lipinski definition) is 0. The van der Waals surface area contributed by atoms with Gasteiger partial charge < -0.3 is 4.74 Å². The van der Waals surface area contributed by atoms with Gasteiger partial charge in [-0.25, -0.2) is 4.79 Å². The maximum Gasteiger partial charge on any atom is 0.338 e. The average molecular weight is 268 g/mol. The maximum atomic E-state index is 11.3. The zero-order valence-electron chi connectivity index (χ0n) is 11.5. The Labute approximate surface area is 114 Å². The molecule has 0 unspecified atom stereocenters. The quantitative estimate of drug-likeness (QED) is 0.474. The SMILES string of the molecule is CCCCCCCCCc1cc(C(=O)OC)cs1. The minimum atomic E-state index is -0.225. The first-order chi connectivity index (χ1) is 8.77. The summed E-state index contributed by atoms with van der Waals surface area (Å²) in [6.07, 6.45) is 10.4. The second kappa shape index (κ2) is 9.15. The lowest BCUT2D eigenvalue weighted by atomic mass is 10.1. The van der Waals surface area contributed by atoms with E-state index in [-0.39, 0.29) is 5.97 Å². The number of ether oxygens (including phenoxy) is 1. The van der Waals surface area contributed by atoms with Crippen molar-refractivity contribution in [1.29, 1.82) is 0 Å². The minimum Gasteiger partial charge on any atom is -0.465 e. The van der Waals surface area contributed by atoms with Crippen molar-refractivity contribution in [3.05, 3.63) is 21.9 Å². The van der Waals surface area contributed by atoms with Gasteiger partial charge in [-0.15, -0.1) is 11.3 Å². The molecule has 1 aromatic heterocycles. The molecule has 0 aliphatic rings. The zero-order chi connectivity index (χ0) is 13.2. The summed E-state index contributed by atoms with van der Waals surface area (Å²) in [6, 6.07) is 1.97. The number of carbonyl (C=O) groups excluding carboxylic acids is 1. The Bertz CT molecular complexity index is 344. The summed E-state index contributed by atoms with van der Waals surface area (Å²) in [4.78, 5) is 12.6. The lowest BCUT2D eigenvalue weighted by Gasteiger charge is -2.00. The molecule has 1 rings (SSSR count). The molecular formula is C15H24O2S. The summed E-state index contributed by atoms with van der Waals surface area (Å²) in [6.45, 7) is 2.25. The molecule has 0 bridgehead atoms. The van der Waals surface area contributed by atoms with Gasteiger partial charge >= 0.3 is 5.97 Å². The van der Waals surface area contributed by atoms with E-state index in [1.54, 1.807) is 11.3 Å². The Morgan fingerprint density at radius 1 is 1.17 bits per heavy atom. The Hall–Kier alpha value is -0.830. The third-order valence-corrected chi connectivity index (χ3v) is 4.10. The first-order valence-corrected chi connectivity index (χ1v) is 7.81. The number of unbranched alkanes of at least 4 members (excludes halogenated alkanes) is 6. The molecule has 0 amide bonds. The van der Waals surface area contributed by atoms with Crippen LogP contribution >= 0.6 is 11.3 Å². The molecular weight excluding hydrogens is 244 g/mol. The van der Waals surface area contributed by atoms with E-state index in [9.17, 15) is 4.79 Å². The monoisotopic (exact) mass is 268 g/mol. The highest BCUT2D eigenvalue weighted by molar-refractivity contribution is 7.10. The molecule has 0 aliphatic heterocycles. The van der Waals surface area contributed by atoms with E-state index in [4.69, 9.17) is 4.74 Å². The van der Waals surface area contributed by atoms with Crippen molar-refractivity contribution in [1.82, 2.24) is 0 Å². The molecule has 0 radical (unpaired) electrons. The fourth-order valence-electron chi connectivity index (χ4n) is 1.99. The number of aryl methyl sites for hydroxylation is 1. The van der Waals surface area contributed by atoms with E-state index in [0.717, 1.165) is 6.42 Å². The summed E-state index contributed by atoms with van der Waals surface area (Å²) in [5, 5.41) is 1.89. The summed E-state index contributed by atoms with van der Waals surface area (Å²) < 4.78 is 4.70. The van der Waals surface area contributed by atoms with Gasteiger partial charge in [-0.05, 0) is 18.9 Å². The van der Waals surface area contributed by atoms with Gasteiger partial charge in [0.05, 0.1) is 12.7 Å². The van der Waals surface area contributed by atoms with Crippen LogP contribution in [0.2, 0.25) is 0 Å². The molecule has 0 aromatic carbocycles. The normalized spacial score (nSPS) is 10.6. The number of thiophene rings is 1. The van der Waals surface area contributed by atoms with Crippen molar-refractivity contribution in [2.75, 3.05) is 7.11 Å². The highest BCUT2D eigenvalue weighted by atomic mass is 32.1. The molecule has 0 spiro atoms. The molecule has 18 heavy (non-hydrogen) atoms. The van der Waals surface area contributed by atoms with Crippen LogP contribution in [-0.2, 0) is 11.2 Å². The molecule has 0 atom stereocenters. The van der Waals surface area contributed by atoms with Crippen molar-refractivity contribution in [2.24, 2.45) is 0 Å². The van der Waals surface area contributed by atoms with Gasteiger partial charge in [0.15, 0.2) is 0 Å². The predicted octanol–water partition coefficient (Wildman–Crippen LogP) is 4.83. The van der Waals surface area contributed by atoms with Crippen molar-refractivity contribution >= 4 is 17.3 Å². The first-order valence-electron chi connectivity index (χ1n) is 6.93. The highest BCUT2D eigenvalue weighted by Gasteiger charge is 2.07. The molecule has 0 N–H and O–H groups in total. The molecule has 0 aliphatic carbocycles. The van der Waals surface area contributed by atoms with Gasteiger partial charge in [-0.2, -0.15) is 0 Å². The molecule has 0 fully saturated rings. The Kier molecular flexibility index (Phi) is 7.74. The van der Waals surface area contributed by atoms with Crippen LogP contribution < -0.4 is 0 Å². The van der Waals surface area contributed by atoms with Crippen LogP contribution in [0.4, 0.5) is 0 Å². The van der Waals surface area contributed by atoms with E-state index in [1.807, 2.05) is 11.4 Å². The van der Waals surface area contributed by atoms with Crippen LogP contribution in [0.15, 0.2) is 11.4 Å². The van der Waals surface area contributed by atoms with Crippen LogP contribution in [-0.4, -0.2) is 13.1 Å². The molecule has 1 heterocycles. The molecule has 1 aromatic rings. The predicted molar refractivity (Wildman–Crippen MR) is 77.4 cm³/mol. The van der Waals surface area contributed by atoms with E-state index in [2.05, 4.69) is 6.92 Å². The van der Waals surface area contributed by atoms with Gasteiger partial charge in [0.1, 0.15) is 0 Å². The number of carbonyl (C=O) groups is 1. The number of esters is 1. The lowest BCUT2D eigenvalue weighted by Crippen LogP contribution is -1.98. The maximum absolute atomic E-state index is 11.3. The average Bonchev–Trinajstić information content (AvgIpc) is 2.85. The summed E-state index contributed by atoms with van der Waals surface area (Å²) in [5.41, 5.74) is 0.695. The van der Waals surface area contributed by atoms with Gasteiger partial charge in [-0.3, -0.25) is 0 Å². The Morgan fingerprint density at radius 2 is 1.83 bits per heavy atom. The summed E-state index contributed by atoms with van der Waals surface area (Å²) >= 11 is 1.66. The molecule has 2 nitrogen and oxygen atoms in total. The lowest BCUT2D eigenvalue weighted by molar-refractivity contribution is 0.0601. The fourth-order valence-corrected chi connectivity index (χ4v) is 2.89. The first kappa shape index (κ1) is 15.2. The van der Waals surface area contributed by atoms with Crippen LogP contribution in [0.25, 0.3) is 0 Å². The fraction of sp³-hybridized carbons (Fsp3) is 0.667. The van der Waals surface area contributed by atoms with E-state index in [1.165, 1.54) is 56.9 Å². The number of hydrogen-bond acceptors (Lipinski definition) is 3.